The zero-order chi connectivity index (χ0) is 19.6. The Kier molecular flexibility index (Phi) is 7.48. The summed E-state index contributed by atoms with van der Waals surface area (Å²) < 4.78 is 5.69. The maximum absolute atomic E-state index is 12.7. The number of nitrogens with zero attached hydrogens (tertiary/aromatic N) is 1. The van der Waals surface area contributed by atoms with Crippen LogP contribution in [-0.4, -0.2) is 47.6 Å². The Labute approximate surface area is 173 Å². The molecule has 4 atom stereocenters. The topological polar surface area (TPSA) is 84.7 Å². The number of carbonyl (C=O) groups is 2. The Morgan fingerprint density at radius 3 is 2.32 bits per heavy atom. The molecule has 3 rings (SSSR count). The first-order chi connectivity index (χ1) is 12.8. The molecule has 1 aliphatic heterocycles. The maximum atomic E-state index is 12.7. The molecule has 0 radical (unpaired) electrons. The number of rotatable bonds is 3. The van der Waals surface area contributed by atoms with Crippen LogP contribution in [0.25, 0.3) is 0 Å². The van der Waals surface area contributed by atoms with E-state index in [1.54, 1.807) is 24.3 Å². The molecule has 3 N–H and O–H groups in total. The second-order valence-corrected chi connectivity index (χ2v) is 8.34. The molecule has 2 aliphatic rings. The highest BCUT2D eigenvalue weighted by Gasteiger charge is 2.37. The summed E-state index contributed by atoms with van der Waals surface area (Å²) in [4.78, 5) is 27.2. The highest BCUT2D eigenvalue weighted by atomic mass is 35.5. The van der Waals surface area contributed by atoms with E-state index in [1.165, 1.54) is 0 Å². The third kappa shape index (κ3) is 5.25. The summed E-state index contributed by atoms with van der Waals surface area (Å²) in [6.07, 6.45) is 3.88. The fourth-order valence-electron chi connectivity index (χ4n) is 4.24. The highest BCUT2D eigenvalue weighted by Crippen LogP contribution is 2.32. The maximum Gasteiger partial charge on any atom is 0.254 e. The summed E-state index contributed by atoms with van der Waals surface area (Å²) in [5.74, 6) is -0.213. The molecule has 1 saturated carbocycles. The molecule has 2 fully saturated rings. The number of anilines is 1. The molecule has 1 saturated heterocycles. The molecule has 1 heterocycles. The van der Waals surface area contributed by atoms with Gasteiger partial charge in [-0.3, -0.25) is 9.59 Å². The van der Waals surface area contributed by atoms with E-state index in [4.69, 9.17) is 10.5 Å². The Morgan fingerprint density at radius 2 is 1.75 bits per heavy atom. The Bertz CT molecular complexity index is 683. The minimum Gasteiger partial charge on any atom is -0.372 e. The van der Waals surface area contributed by atoms with Crippen LogP contribution in [0.2, 0.25) is 0 Å². The highest BCUT2D eigenvalue weighted by molar-refractivity contribution is 5.96. The van der Waals surface area contributed by atoms with Crippen molar-refractivity contribution in [2.75, 3.05) is 18.4 Å². The van der Waals surface area contributed by atoms with Gasteiger partial charge in [0.05, 0.1) is 18.1 Å². The largest absolute Gasteiger partial charge is 0.372 e. The number of halogens is 1. The van der Waals surface area contributed by atoms with E-state index in [1.807, 2.05) is 25.7 Å². The van der Waals surface area contributed by atoms with Crippen LogP contribution in [0, 0.1) is 5.92 Å². The lowest BCUT2D eigenvalue weighted by atomic mass is 9.74. The van der Waals surface area contributed by atoms with Crippen LogP contribution in [0.5, 0.6) is 0 Å². The molecule has 156 valence electrons. The smallest absolute Gasteiger partial charge is 0.254 e. The lowest BCUT2D eigenvalue weighted by Gasteiger charge is -2.37. The number of carbonyl (C=O) groups excluding carboxylic acids is 2. The third-order valence-electron chi connectivity index (χ3n) is 5.68. The quantitative estimate of drug-likeness (QED) is 0.802. The van der Waals surface area contributed by atoms with Crippen molar-refractivity contribution in [3.8, 4) is 0 Å². The molecule has 1 aliphatic carbocycles. The molecule has 0 spiro atoms. The molecular formula is C21H32ClN3O3. The second kappa shape index (κ2) is 9.25. The molecule has 4 unspecified atom stereocenters. The number of ether oxygens (including phenoxy) is 1. The minimum absolute atomic E-state index is 0. The average molecular weight is 410 g/mol. The van der Waals surface area contributed by atoms with Crippen LogP contribution in [-0.2, 0) is 9.53 Å². The van der Waals surface area contributed by atoms with Crippen LogP contribution >= 0.6 is 12.4 Å². The average Bonchev–Trinajstić information content (AvgIpc) is 2.60. The first kappa shape index (κ1) is 22.7. The predicted octanol–water partition coefficient (Wildman–Crippen LogP) is 3.20. The van der Waals surface area contributed by atoms with E-state index in [0.29, 0.717) is 24.3 Å². The van der Waals surface area contributed by atoms with Gasteiger partial charge in [-0.25, -0.2) is 0 Å². The van der Waals surface area contributed by atoms with Gasteiger partial charge in [0.2, 0.25) is 5.91 Å². The van der Waals surface area contributed by atoms with Gasteiger partial charge in [-0.1, -0.05) is 12.8 Å². The van der Waals surface area contributed by atoms with Crippen LogP contribution in [0.3, 0.4) is 0 Å². The van der Waals surface area contributed by atoms with Gasteiger partial charge in [0.15, 0.2) is 0 Å². The zero-order valence-corrected chi connectivity index (χ0v) is 17.8. The van der Waals surface area contributed by atoms with E-state index >= 15 is 0 Å². The Hall–Kier alpha value is -1.63. The number of benzene rings is 1. The lowest BCUT2D eigenvalue weighted by molar-refractivity contribution is -0.122. The van der Waals surface area contributed by atoms with Crippen LogP contribution < -0.4 is 11.1 Å². The number of nitrogens with two attached hydrogens (primary N) is 1. The van der Waals surface area contributed by atoms with Crippen molar-refractivity contribution in [3.63, 3.8) is 0 Å². The molecule has 1 aromatic carbocycles. The molecular weight excluding hydrogens is 378 g/mol. The Balaban J connectivity index is 0.00000280. The van der Waals surface area contributed by atoms with Gasteiger partial charge >= 0.3 is 0 Å². The van der Waals surface area contributed by atoms with E-state index < -0.39 is 5.54 Å². The van der Waals surface area contributed by atoms with Crippen LogP contribution in [0.4, 0.5) is 5.69 Å². The monoisotopic (exact) mass is 409 g/mol. The number of amides is 2. The summed E-state index contributed by atoms with van der Waals surface area (Å²) in [5, 5.41) is 2.96. The van der Waals surface area contributed by atoms with Gasteiger partial charge in [-0.2, -0.15) is 0 Å². The van der Waals surface area contributed by atoms with Gasteiger partial charge in [-0.05, 0) is 57.9 Å². The summed E-state index contributed by atoms with van der Waals surface area (Å²) in [7, 11) is 0. The molecule has 0 bridgehead atoms. The van der Waals surface area contributed by atoms with Crippen molar-refractivity contribution in [3.05, 3.63) is 29.8 Å². The van der Waals surface area contributed by atoms with Gasteiger partial charge in [-0.15, -0.1) is 12.4 Å². The van der Waals surface area contributed by atoms with Crippen molar-refractivity contribution in [2.24, 2.45) is 11.7 Å². The van der Waals surface area contributed by atoms with Crippen molar-refractivity contribution in [1.29, 1.82) is 0 Å². The summed E-state index contributed by atoms with van der Waals surface area (Å²) in [6.45, 7) is 7.11. The normalized spacial score (nSPS) is 30.3. The lowest BCUT2D eigenvalue weighted by Crippen LogP contribution is -2.51. The van der Waals surface area contributed by atoms with E-state index in [-0.39, 0.29) is 42.3 Å². The number of hydrogen-bond donors (Lipinski definition) is 2. The van der Waals surface area contributed by atoms with Crippen molar-refractivity contribution in [1.82, 2.24) is 4.90 Å². The standard InChI is InChI=1S/C21H31N3O3.ClH/c1-14-12-24(13-15(2)27-14)20(26)16-7-9-17(10-8-16)23-19(25)18-6-4-5-11-21(18,3)22;/h7-10,14-15,18H,4-6,11-13,22H2,1-3H3,(H,23,25);1H. The van der Waals surface area contributed by atoms with Gasteiger partial charge in [0, 0.05) is 29.9 Å². The molecule has 28 heavy (non-hydrogen) atoms. The fraction of sp³-hybridized carbons (Fsp3) is 0.619. The molecule has 2 amide bonds. The first-order valence-electron chi connectivity index (χ1n) is 9.91. The Morgan fingerprint density at radius 1 is 1.14 bits per heavy atom. The van der Waals surface area contributed by atoms with Gasteiger partial charge in [0.25, 0.3) is 5.91 Å². The second-order valence-electron chi connectivity index (χ2n) is 8.34. The number of hydrogen-bond acceptors (Lipinski definition) is 4. The van der Waals surface area contributed by atoms with Crippen molar-refractivity contribution < 1.29 is 14.3 Å². The van der Waals surface area contributed by atoms with Crippen molar-refractivity contribution >= 4 is 29.9 Å². The van der Waals surface area contributed by atoms with Crippen LogP contribution in [0.15, 0.2) is 24.3 Å². The zero-order valence-electron chi connectivity index (χ0n) is 16.9. The SMILES string of the molecule is CC1CN(C(=O)c2ccc(NC(=O)C3CCCCC3(C)N)cc2)CC(C)O1.Cl. The number of nitrogens with one attached hydrogen (secondary N) is 1. The summed E-state index contributed by atoms with van der Waals surface area (Å²) in [6, 6.07) is 7.11. The molecule has 0 aromatic heterocycles. The van der Waals surface area contributed by atoms with Crippen LogP contribution in [0.1, 0.15) is 56.8 Å². The fourth-order valence-corrected chi connectivity index (χ4v) is 4.24. The van der Waals surface area contributed by atoms with Gasteiger partial charge < -0.3 is 20.7 Å². The van der Waals surface area contributed by atoms with Gasteiger partial charge in [0.1, 0.15) is 0 Å². The predicted molar refractivity (Wildman–Crippen MR) is 113 cm³/mol. The third-order valence-corrected chi connectivity index (χ3v) is 5.68. The molecule has 1 aromatic rings. The van der Waals surface area contributed by atoms with Crippen molar-refractivity contribution in [2.45, 2.75) is 64.2 Å². The summed E-state index contributed by atoms with van der Waals surface area (Å²) in [5.41, 5.74) is 7.18. The van der Waals surface area contributed by atoms with E-state index in [9.17, 15) is 9.59 Å². The number of morpholine rings is 1. The molecule has 6 nitrogen and oxygen atoms in total. The minimum atomic E-state index is -0.456. The summed E-state index contributed by atoms with van der Waals surface area (Å²) >= 11 is 0. The van der Waals surface area contributed by atoms with E-state index in [0.717, 1.165) is 25.7 Å². The first-order valence-corrected chi connectivity index (χ1v) is 9.91. The molecule has 7 heteroatoms. The van der Waals surface area contributed by atoms with E-state index in [2.05, 4.69) is 5.32 Å².